The fourth-order valence-electron chi connectivity index (χ4n) is 2.40. The zero-order chi connectivity index (χ0) is 10.3. The molecule has 15 heavy (non-hydrogen) atoms. The van der Waals surface area contributed by atoms with Crippen molar-refractivity contribution >= 4 is 0 Å². The van der Waals surface area contributed by atoms with E-state index in [1.165, 1.54) is 41.9 Å². The molecular weight excluding hydrogens is 184 g/mol. The van der Waals surface area contributed by atoms with Gasteiger partial charge in [0.25, 0.3) is 0 Å². The van der Waals surface area contributed by atoms with Gasteiger partial charge >= 0.3 is 0 Å². The second kappa shape index (κ2) is 3.23. The van der Waals surface area contributed by atoms with E-state index in [9.17, 15) is 0 Å². The number of hydrogen-bond acceptors (Lipinski definition) is 1. The van der Waals surface area contributed by atoms with Gasteiger partial charge in [0, 0.05) is 5.69 Å². The Labute approximate surface area is 89.5 Å². The molecule has 2 heteroatoms. The molecule has 0 N–H and O–H groups in total. The van der Waals surface area contributed by atoms with Crippen molar-refractivity contribution in [3.63, 3.8) is 0 Å². The number of aryl methyl sites for hydroxylation is 1. The van der Waals surface area contributed by atoms with Crippen molar-refractivity contribution in [3.05, 3.63) is 47.3 Å². The summed E-state index contributed by atoms with van der Waals surface area (Å²) in [6.07, 6.45) is 3.65. The van der Waals surface area contributed by atoms with Crippen LogP contribution in [0.15, 0.2) is 30.3 Å². The first-order chi connectivity index (χ1) is 7.36. The van der Waals surface area contributed by atoms with E-state index in [1.54, 1.807) is 0 Å². The molecule has 3 rings (SSSR count). The molecular formula is C13H14N2. The molecule has 0 fully saturated rings. The van der Waals surface area contributed by atoms with Crippen LogP contribution in [0.3, 0.4) is 0 Å². The van der Waals surface area contributed by atoms with Gasteiger partial charge in [-0.3, -0.25) is 0 Å². The van der Waals surface area contributed by atoms with Crippen molar-refractivity contribution < 1.29 is 0 Å². The minimum Gasteiger partial charge on any atom is -0.237 e. The van der Waals surface area contributed by atoms with E-state index in [0.29, 0.717) is 0 Å². The number of hydrogen-bond donors (Lipinski definition) is 0. The normalized spacial score (nSPS) is 14.2. The Hall–Kier alpha value is -1.57. The van der Waals surface area contributed by atoms with Crippen molar-refractivity contribution in [1.82, 2.24) is 9.78 Å². The Morgan fingerprint density at radius 2 is 1.93 bits per heavy atom. The van der Waals surface area contributed by atoms with E-state index < -0.39 is 0 Å². The maximum atomic E-state index is 4.62. The van der Waals surface area contributed by atoms with Crippen molar-refractivity contribution in [2.45, 2.75) is 26.2 Å². The molecule has 76 valence electrons. The molecule has 1 aliphatic carbocycles. The van der Waals surface area contributed by atoms with E-state index in [2.05, 4.69) is 41.0 Å². The predicted molar refractivity (Wildman–Crippen MR) is 60.3 cm³/mol. The smallest absolute Gasteiger partial charge is 0.0649 e. The Balaban J connectivity index is 2.18. The van der Waals surface area contributed by atoms with Crippen molar-refractivity contribution in [2.75, 3.05) is 0 Å². The van der Waals surface area contributed by atoms with E-state index in [1.807, 2.05) is 6.07 Å². The number of benzene rings is 1. The standard InChI is InChI=1S/C13H14N2/c1-10-12-8-5-9-13(12)15(14-10)11-6-3-2-4-7-11/h2-4,6-7H,5,8-9H2,1H3. The summed E-state index contributed by atoms with van der Waals surface area (Å²) in [5.41, 5.74) is 5.27. The molecule has 1 aliphatic rings. The summed E-state index contributed by atoms with van der Waals surface area (Å²) in [5.74, 6) is 0. The highest BCUT2D eigenvalue weighted by Crippen LogP contribution is 2.26. The lowest BCUT2D eigenvalue weighted by Crippen LogP contribution is -2.00. The van der Waals surface area contributed by atoms with Crippen molar-refractivity contribution in [2.24, 2.45) is 0 Å². The van der Waals surface area contributed by atoms with E-state index >= 15 is 0 Å². The molecule has 0 aliphatic heterocycles. The van der Waals surface area contributed by atoms with Gasteiger partial charge in [0.2, 0.25) is 0 Å². The number of aromatic nitrogens is 2. The Morgan fingerprint density at radius 3 is 2.73 bits per heavy atom. The number of fused-ring (bicyclic) bond motifs is 1. The highest BCUT2D eigenvalue weighted by atomic mass is 15.3. The average Bonchev–Trinajstić information content (AvgIpc) is 2.84. The van der Waals surface area contributed by atoms with Gasteiger partial charge in [-0.25, -0.2) is 4.68 Å². The molecule has 1 heterocycles. The summed E-state index contributed by atoms with van der Waals surface area (Å²) >= 11 is 0. The minimum absolute atomic E-state index is 1.17. The van der Waals surface area contributed by atoms with Crippen LogP contribution in [0.5, 0.6) is 0 Å². The molecule has 0 saturated heterocycles. The Bertz CT molecular complexity index is 483. The van der Waals surface area contributed by atoms with Crippen LogP contribution < -0.4 is 0 Å². The molecule has 0 bridgehead atoms. The van der Waals surface area contributed by atoms with Crippen molar-refractivity contribution in [1.29, 1.82) is 0 Å². The largest absolute Gasteiger partial charge is 0.237 e. The van der Waals surface area contributed by atoms with Gasteiger partial charge in [0.15, 0.2) is 0 Å². The van der Waals surface area contributed by atoms with E-state index in [-0.39, 0.29) is 0 Å². The first-order valence-electron chi connectivity index (χ1n) is 5.49. The lowest BCUT2D eigenvalue weighted by Gasteiger charge is -2.04. The van der Waals surface area contributed by atoms with Gasteiger partial charge in [0.1, 0.15) is 0 Å². The van der Waals surface area contributed by atoms with Gasteiger partial charge in [-0.05, 0) is 43.9 Å². The van der Waals surface area contributed by atoms with Gasteiger partial charge in [0.05, 0.1) is 11.4 Å². The third-order valence-electron chi connectivity index (χ3n) is 3.13. The molecule has 1 aromatic carbocycles. The second-order valence-corrected chi connectivity index (χ2v) is 4.11. The zero-order valence-electron chi connectivity index (χ0n) is 8.90. The number of nitrogens with zero attached hydrogens (tertiary/aromatic N) is 2. The predicted octanol–water partition coefficient (Wildman–Crippen LogP) is 2.67. The third-order valence-corrected chi connectivity index (χ3v) is 3.13. The van der Waals surface area contributed by atoms with E-state index in [0.717, 1.165) is 0 Å². The Morgan fingerprint density at radius 1 is 1.13 bits per heavy atom. The van der Waals surface area contributed by atoms with Crippen LogP contribution in [0.4, 0.5) is 0 Å². The summed E-state index contributed by atoms with van der Waals surface area (Å²) in [5, 5.41) is 4.62. The fourth-order valence-corrected chi connectivity index (χ4v) is 2.40. The molecule has 0 atom stereocenters. The zero-order valence-corrected chi connectivity index (χ0v) is 8.90. The SMILES string of the molecule is Cc1nn(-c2ccccc2)c2c1CCC2. The monoisotopic (exact) mass is 198 g/mol. The number of rotatable bonds is 1. The second-order valence-electron chi connectivity index (χ2n) is 4.11. The van der Waals surface area contributed by atoms with Crippen LogP contribution in [-0.4, -0.2) is 9.78 Å². The molecule has 0 spiro atoms. The van der Waals surface area contributed by atoms with Crippen LogP contribution >= 0.6 is 0 Å². The highest BCUT2D eigenvalue weighted by Gasteiger charge is 2.20. The summed E-state index contributed by atoms with van der Waals surface area (Å²) in [7, 11) is 0. The van der Waals surface area contributed by atoms with Gasteiger partial charge < -0.3 is 0 Å². The maximum Gasteiger partial charge on any atom is 0.0649 e. The molecule has 0 saturated carbocycles. The first kappa shape index (κ1) is 8.72. The molecule has 2 aromatic rings. The molecule has 1 aromatic heterocycles. The van der Waals surface area contributed by atoms with E-state index in [4.69, 9.17) is 0 Å². The summed E-state index contributed by atoms with van der Waals surface area (Å²) in [4.78, 5) is 0. The lowest BCUT2D eigenvalue weighted by atomic mass is 10.2. The van der Waals surface area contributed by atoms with Crippen LogP contribution in [0, 0.1) is 6.92 Å². The van der Waals surface area contributed by atoms with Gasteiger partial charge in [-0.1, -0.05) is 18.2 Å². The molecule has 0 amide bonds. The first-order valence-corrected chi connectivity index (χ1v) is 5.49. The van der Waals surface area contributed by atoms with Crippen molar-refractivity contribution in [3.8, 4) is 5.69 Å². The van der Waals surface area contributed by atoms with Gasteiger partial charge in [-0.2, -0.15) is 5.10 Å². The number of para-hydroxylation sites is 1. The minimum atomic E-state index is 1.17. The average molecular weight is 198 g/mol. The molecule has 0 radical (unpaired) electrons. The quantitative estimate of drug-likeness (QED) is 0.688. The lowest BCUT2D eigenvalue weighted by molar-refractivity contribution is 0.773. The third kappa shape index (κ3) is 1.29. The topological polar surface area (TPSA) is 17.8 Å². The fraction of sp³-hybridized carbons (Fsp3) is 0.308. The van der Waals surface area contributed by atoms with Crippen LogP contribution in [0.25, 0.3) is 5.69 Å². The Kier molecular flexibility index (Phi) is 1.88. The van der Waals surface area contributed by atoms with Gasteiger partial charge in [-0.15, -0.1) is 0 Å². The maximum absolute atomic E-state index is 4.62. The van der Waals surface area contributed by atoms with Crippen LogP contribution in [0.1, 0.15) is 23.4 Å². The highest BCUT2D eigenvalue weighted by molar-refractivity contribution is 5.39. The molecule has 0 unspecified atom stereocenters. The van der Waals surface area contributed by atoms with Crippen LogP contribution in [-0.2, 0) is 12.8 Å². The van der Waals surface area contributed by atoms with Crippen LogP contribution in [0.2, 0.25) is 0 Å². The summed E-state index contributed by atoms with van der Waals surface area (Å²) in [6, 6.07) is 10.4. The summed E-state index contributed by atoms with van der Waals surface area (Å²) in [6.45, 7) is 2.11. The molecule has 2 nitrogen and oxygen atoms in total. The summed E-state index contributed by atoms with van der Waals surface area (Å²) < 4.78 is 2.11.